The second-order valence-corrected chi connectivity index (χ2v) is 4.79. The van der Waals surface area contributed by atoms with Gasteiger partial charge in [0, 0.05) is 5.57 Å². The van der Waals surface area contributed by atoms with Crippen LogP contribution < -0.4 is 5.32 Å². The normalized spacial score (nSPS) is 24.8. The summed E-state index contributed by atoms with van der Waals surface area (Å²) in [5.74, 6) is -0.417. The Hall–Kier alpha value is -2.14. The maximum Gasteiger partial charge on any atom is 0.277 e. The number of fused-ring (bicyclic) bond motifs is 2. The molecule has 0 bridgehead atoms. The lowest BCUT2D eigenvalue weighted by Gasteiger charge is -2.29. The Labute approximate surface area is 113 Å². The molecule has 2 aliphatic carbocycles. The minimum atomic E-state index is -0.523. The molecule has 0 unspecified atom stereocenters. The molecule has 0 radical (unpaired) electrons. The van der Waals surface area contributed by atoms with Gasteiger partial charge in [-0.25, -0.2) is 0 Å². The molecule has 0 saturated heterocycles. The number of allylic oxidation sites excluding steroid dienone is 5. The van der Waals surface area contributed by atoms with Crippen LogP contribution >= 0.6 is 11.6 Å². The molecular formula is C13H9ClN2O3. The SMILES string of the molecule is O=C1CC([N+](=O)[O-])=C2N[C@H]3C=CC=CC3=CC2=C1Cl. The van der Waals surface area contributed by atoms with Crippen molar-refractivity contribution in [1.29, 1.82) is 0 Å². The number of hydrogen-bond acceptors (Lipinski definition) is 4. The minimum Gasteiger partial charge on any atom is -0.369 e. The fourth-order valence-corrected chi connectivity index (χ4v) is 2.55. The summed E-state index contributed by atoms with van der Waals surface area (Å²) in [4.78, 5) is 22.2. The molecule has 1 atom stereocenters. The molecule has 5 nitrogen and oxygen atoms in total. The predicted molar refractivity (Wildman–Crippen MR) is 69.8 cm³/mol. The lowest BCUT2D eigenvalue weighted by Crippen LogP contribution is -2.37. The first kappa shape index (κ1) is 11.9. The summed E-state index contributed by atoms with van der Waals surface area (Å²) >= 11 is 5.99. The summed E-state index contributed by atoms with van der Waals surface area (Å²) < 4.78 is 0. The molecule has 1 aliphatic heterocycles. The zero-order valence-electron chi connectivity index (χ0n) is 9.72. The van der Waals surface area contributed by atoms with E-state index in [0.717, 1.165) is 5.57 Å². The highest BCUT2D eigenvalue weighted by atomic mass is 35.5. The molecule has 0 spiro atoms. The first-order valence-electron chi connectivity index (χ1n) is 5.72. The molecule has 3 rings (SSSR count). The van der Waals surface area contributed by atoms with Crippen LogP contribution in [0.2, 0.25) is 0 Å². The van der Waals surface area contributed by atoms with E-state index in [1.807, 2.05) is 24.3 Å². The van der Waals surface area contributed by atoms with Gasteiger partial charge in [-0.2, -0.15) is 0 Å². The number of carbonyl (C=O) groups is 1. The quantitative estimate of drug-likeness (QED) is 0.587. The average Bonchev–Trinajstić information content (AvgIpc) is 2.41. The summed E-state index contributed by atoms with van der Waals surface area (Å²) in [5.41, 5.74) is 1.57. The lowest BCUT2D eigenvalue weighted by molar-refractivity contribution is -0.428. The molecule has 0 saturated carbocycles. The number of ketones is 1. The Morgan fingerprint density at radius 1 is 1.42 bits per heavy atom. The molecule has 0 aromatic heterocycles. The summed E-state index contributed by atoms with van der Waals surface area (Å²) in [5, 5.41) is 14.2. The molecule has 6 heteroatoms. The zero-order chi connectivity index (χ0) is 13.6. The van der Waals surface area contributed by atoms with E-state index in [0.29, 0.717) is 11.3 Å². The highest BCUT2D eigenvalue weighted by Gasteiger charge is 2.36. The van der Waals surface area contributed by atoms with E-state index in [2.05, 4.69) is 5.32 Å². The maximum absolute atomic E-state index is 11.7. The van der Waals surface area contributed by atoms with Gasteiger partial charge in [0.15, 0.2) is 5.78 Å². The monoisotopic (exact) mass is 276 g/mol. The fourth-order valence-electron chi connectivity index (χ4n) is 2.33. The minimum absolute atomic E-state index is 0.0574. The van der Waals surface area contributed by atoms with Crippen LogP contribution in [-0.2, 0) is 4.79 Å². The Bertz CT molecular complexity index is 653. The first-order valence-corrected chi connectivity index (χ1v) is 6.09. The van der Waals surface area contributed by atoms with E-state index in [-0.39, 0.29) is 23.2 Å². The summed E-state index contributed by atoms with van der Waals surface area (Å²) in [6.07, 6.45) is 8.98. The molecule has 3 aliphatic rings. The number of carbonyl (C=O) groups excluding carboxylic acids is 1. The van der Waals surface area contributed by atoms with Gasteiger partial charge < -0.3 is 5.32 Å². The van der Waals surface area contributed by atoms with Gasteiger partial charge in [0.05, 0.1) is 16.0 Å². The van der Waals surface area contributed by atoms with E-state index in [1.54, 1.807) is 6.08 Å². The molecule has 1 heterocycles. The Morgan fingerprint density at radius 3 is 2.95 bits per heavy atom. The Balaban J connectivity index is 2.21. The third-order valence-corrected chi connectivity index (χ3v) is 3.68. The highest BCUT2D eigenvalue weighted by Crippen LogP contribution is 2.35. The summed E-state index contributed by atoms with van der Waals surface area (Å²) in [6, 6.07) is -0.114. The molecule has 0 aromatic carbocycles. The standard InChI is InChI=1S/C13H9ClN2O3/c14-12-8-5-7-3-1-2-4-9(7)15-13(8)10(16(18)19)6-11(12)17/h1-5,9,15H,6H2/t9-/m0/s1. The van der Waals surface area contributed by atoms with Crippen LogP contribution in [0.4, 0.5) is 0 Å². The van der Waals surface area contributed by atoms with Crippen LogP contribution in [-0.4, -0.2) is 16.7 Å². The Kier molecular flexibility index (Phi) is 2.64. The van der Waals surface area contributed by atoms with Crippen molar-refractivity contribution in [1.82, 2.24) is 5.32 Å². The van der Waals surface area contributed by atoms with Crippen molar-refractivity contribution in [3.05, 3.63) is 68.1 Å². The third-order valence-electron chi connectivity index (χ3n) is 3.26. The van der Waals surface area contributed by atoms with Gasteiger partial charge in [-0.3, -0.25) is 14.9 Å². The second kappa shape index (κ2) is 4.20. The lowest BCUT2D eigenvalue weighted by atomic mass is 9.89. The molecule has 0 fully saturated rings. The van der Waals surface area contributed by atoms with Crippen LogP contribution in [0, 0.1) is 10.1 Å². The van der Waals surface area contributed by atoms with Crippen molar-refractivity contribution in [3.8, 4) is 0 Å². The largest absolute Gasteiger partial charge is 0.369 e. The second-order valence-electron chi connectivity index (χ2n) is 4.42. The van der Waals surface area contributed by atoms with Gasteiger partial charge in [-0.15, -0.1) is 0 Å². The topological polar surface area (TPSA) is 72.2 Å². The van der Waals surface area contributed by atoms with Crippen LogP contribution in [0.15, 0.2) is 58.0 Å². The van der Waals surface area contributed by atoms with Gasteiger partial charge >= 0.3 is 0 Å². The van der Waals surface area contributed by atoms with Crippen molar-refractivity contribution in [2.75, 3.05) is 0 Å². The van der Waals surface area contributed by atoms with Crippen molar-refractivity contribution in [2.45, 2.75) is 12.5 Å². The summed E-state index contributed by atoms with van der Waals surface area (Å²) in [6.45, 7) is 0. The summed E-state index contributed by atoms with van der Waals surface area (Å²) in [7, 11) is 0. The van der Waals surface area contributed by atoms with Gasteiger partial charge in [-0.05, 0) is 11.6 Å². The smallest absolute Gasteiger partial charge is 0.277 e. The van der Waals surface area contributed by atoms with E-state index in [9.17, 15) is 14.9 Å². The van der Waals surface area contributed by atoms with Crippen LogP contribution in [0.25, 0.3) is 0 Å². The highest BCUT2D eigenvalue weighted by molar-refractivity contribution is 6.43. The van der Waals surface area contributed by atoms with E-state index >= 15 is 0 Å². The van der Waals surface area contributed by atoms with Gasteiger partial charge in [-0.1, -0.05) is 35.9 Å². The van der Waals surface area contributed by atoms with Crippen molar-refractivity contribution >= 4 is 17.4 Å². The third kappa shape index (κ3) is 1.82. The van der Waals surface area contributed by atoms with Crippen LogP contribution in [0.3, 0.4) is 0 Å². The number of nitrogens with zero attached hydrogens (tertiary/aromatic N) is 1. The molecule has 19 heavy (non-hydrogen) atoms. The van der Waals surface area contributed by atoms with Crippen molar-refractivity contribution in [2.24, 2.45) is 0 Å². The van der Waals surface area contributed by atoms with Crippen molar-refractivity contribution in [3.63, 3.8) is 0 Å². The number of halogens is 1. The number of nitrogens with one attached hydrogen (secondary N) is 1. The number of nitro groups is 1. The fraction of sp³-hybridized carbons (Fsp3) is 0.154. The average molecular weight is 277 g/mol. The Morgan fingerprint density at radius 2 is 2.21 bits per heavy atom. The molecule has 96 valence electrons. The first-order chi connectivity index (χ1) is 9.08. The van der Waals surface area contributed by atoms with E-state index in [4.69, 9.17) is 11.6 Å². The van der Waals surface area contributed by atoms with Gasteiger partial charge in [0.1, 0.15) is 12.1 Å². The van der Waals surface area contributed by atoms with E-state index < -0.39 is 10.7 Å². The number of Topliss-reactive ketones (excluding diaryl/α,β-unsaturated/α-hetero) is 1. The van der Waals surface area contributed by atoms with Gasteiger partial charge in [0.2, 0.25) is 0 Å². The zero-order valence-corrected chi connectivity index (χ0v) is 10.5. The van der Waals surface area contributed by atoms with Crippen LogP contribution in [0.5, 0.6) is 0 Å². The molecule has 0 amide bonds. The van der Waals surface area contributed by atoms with E-state index in [1.165, 1.54) is 0 Å². The molecule has 1 N–H and O–H groups in total. The van der Waals surface area contributed by atoms with Crippen molar-refractivity contribution < 1.29 is 9.72 Å². The number of rotatable bonds is 1. The maximum atomic E-state index is 11.7. The van der Waals surface area contributed by atoms with Gasteiger partial charge in [0.25, 0.3) is 5.70 Å². The number of hydrogen-bond donors (Lipinski definition) is 1. The molecule has 0 aromatic rings. The molecular weight excluding hydrogens is 268 g/mol. The van der Waals surface area contributed by atoms with Crippen LogP contribution in [0.1, 0.15) is 6.42 Å². The predicted octanol–water partition coefficient (Wildman–Crippen LogP) is 1.96.